The Kier molecular flexibility index (Phi) is 1.68. The van der Waals surface area contributed by atoms with Gasteiger partial charge in [-0.3, -0.25) is 5.10 Å². The van der Waals surface area contributed by atoms with Crippen molar-refractivity contribution in [1.82, 2.24) is 10.2 Å². The summed E-state index contributed by atoms with van der Waals surface area (Å²) in [6, 6.07) is 0. The number of H-pyrrole nitrogens is 1. The molecule has 0 aliphatic rings. The standard InChI is InChI=1S/C7H10N2/c1-3-4-7-6(2)5-8-9-7/h3-5H,1-2H3,(H,8,9)/b4-3-. The first-order valence-corrected chi connectivity index (χ1v) is 2.97. The number of aromatic amines is 1. The third-order valence-corrected chi connectivity index (χ3v) is 1.20. The summed E-state index contributed by atoms with van der Waals surface area (Å²) in [6.07, 6.45) is 5.80. The van der Waals surface area contributed by atoms with Gasteiger partial charge in [0.05, 0.1) is 11.9 Å². The molecule has 0 aliphatic heterocycles. The van der Waals surface area contributed by atoms with Gasteiger partial charge < -0.3 is 0 Å². The highest BCUT2D eigenvalue weighted by molar-refractivity contribution is 5.47. The van der Waals surface area contributed by atoms with Gasteiger partial charge in [-0.1, -0.05) is 6.08 Å². The van der Waals surface area contributed by atoms with Crippen LogP contribution in [-0.2, 0) is 0 Å². The molecule has 1 heterocycles. The van der Waals surface area contributed by atoms with Crippen molar-refractivity contribution >= 4 is 6.08 Å². The van der Waals surface area contributed by atoms with Gasteiger partial charge in [-0.05, 0) is 25.5 Å². The van der Waals surface area contributed by atoms with Crippen LogP contribution in [0.1, 0.15) is 18.2 Å². The molecule has 1 N–H and O–H groups in total. The van der Waals surface area contributed by atoms with Crippen LogP contribution in [0.2, 0.25) is 0 Å². The van der Waals surface area contributed by atoms with Crippen molar-refractivity contribution in [3.63, 3.8) is 0 Å². The van der Waals surface area contributed by atoms with E-state index in [0.29, 0.717) is 0 Å². The summed E-state index contributed by atoms with van der Waals surface area (Å²) in [4.78, 5) is 0. The normalized spacial score (nSPS) is 10.9. The Hall–Kier alpha value is -1.05. The first-order valence-electron chi connectivity index (χ1n) is 2.97. The Bertz CT molecular complexity index is 210. The summed E-state index contributed by atoms with van der Waals surface area (Å²) < 4.78 is 0. The zero-order valence-electron chi connectivity index (χ0n) is 5.68. The van der Waals surface area contributed by atoms with Crippen LogP contribution in [0.15, 0.2) is 12.3 Å². The molecule has 0 amide bonds. The highest BCUT2D eigenvalue weighted by atomic mass is 15.1. The fourth-order valence-corrected chi connectivity index (χ4v) is 0.692. The van der Waals surface area contributed by atoms with E-state index in [1.807, 2.05) is 32.2 Å². The number of nitrogens with one attached hydrogen (secondary N) is 1. The number of aromatic nitrogens is 2. The molecule has 2 nitrogen and oxygen atoms in total. The van der Waals surface area contributed by atoms with Gasteiger partial charge in [0, 0.05) is 0 Å². The molecule has 0 saturated carbocycles. The van der Waals surface area contributed by atoms with Crippen LogP contribution >= 0.6 is 0 Å². The summed E-state index contributed by atoms with van der Waals surface area (Å²) in [6.45, 7) is 4.01. The van der Waals surface area contributed by atoms with Gasteiger partial charge in [-0.15, -0.1) is 0 Å². The lowest BCUT2D eigenvalue weighted by molar-refractivity contribution is 1.08. The van der Waals surface area contributed by atoms with E-state index in [1.54, 1.807) is 0 Å². The van der Waals surface area contributed by atoms with Gasteiger partial charge >= 0.3 is 0 Å². The molecule has 0 unspecified atom stereocenters. The van der Waals surface area contributed by atoms with Crippen molar-refractivity contribution in [2.24, 2.45) is 0 Å². The molecule has 1 aromatic rings. The van der Waals surface area contributed by atoms with E-state index in [4.69, 9.17) is 0 Å². The molecular formula is C7H10N2. The molecule has 0 fully saturated rings. The summed E-state index contributed by atoms with van der Waals surface area (Å²) >= 11 is 0. The fraction of sp³-hybridized carbons (Fsp3) is 0.286. The van der Waals surface area contributed by atoms with Gasteiger partial charge in [0.25, 0.3) is 0 Å². The molecule has 0 aliphatic carbocycles. The Morgan fingerprint density at radius 2 is 2.44 bits per heavy atom. The largest absolute Gasteiger partial charge is 0.278 e. The number of hydrogen-bond donors (Lipinski definition) is 1. The van der Waals surface area contributed by atoms with Crippen molar-refractivity contribution < 1.29 is 0 Å². The quantitative estimate of drug-likeness (QED) is 0.604. The molecule has 0 atom stereocenters. The van der Waals surface area contributed by atoms with E-state index in [1.165, 1.54) is 5.56 Å². The molecule has 48 valence electrons. The van der Waals surface area contributed by atoms with Crippen LogP contribution in [0.3, 0.4) is 0 Å². The van der Waals surface area contributed by atoms with E-state index in [-0.39, 0.29) is 0 Å². The summed E-state index contributed by atoms with van der Waals surface area (Å²) in [5.41, 5.74) is 2.28. The second-order valence-electron chi connectivity index (χ2n) is 1.97. The van der Waals surface area contributed by atoms with E-state index in [2.05, 4.69) is 10.2 Å². The van der Waals surface area contributed by atoms with Gasteiger partial charge in [0.15, 0.2) is 0 Å². The third kappa shape index (κ3) is 1.19. The molecule has 1 aromatic heterocycles. The molecule has 0 radical (unpaired) electrons. The second-order valence-corrected chi connectivity index (χ2v) is 1.97. The molecule has 2 heteroatoms. The summed E-state index contributed by atoms with van der Waals surface area (Å²) in [5.74, 6) is 0. The van der Waals surface area contributed by atoms with Crippen molar-refractivity contribution in [3.05, 3.63) is 23.5 Å². The lowest BCUT2D eigenvalue weighted by Crippen LogP contribution is -1.72. The van der Waals surface area contributed by atoms with Crippen LogP contribution in [0.5, 0.6) is 0 Å². The SMILES string of the molecule is C/C=C\c1[nH]ncc1C. The van der Waals surface area contributed by atoms with Gasteiger partial charge in [-0.25, -0.2) is 0 Å². The van der Waals surface area contributed by atoms with Crippen molar-refractivity contribution in [1.29, 1.82) is 0 Å². The molecule has 9 heavy (non-hydrogen) atoms. The maximum absolute atomic E-state index is 3.86. The summed E-state index contributed by atoms with van der Waals surface area (Å²) in [7, 11) is 0. The monoisotopic (exact) mass is 122 g/mol. The molecular weight excluding hydrogens is 112 g/mol. The minimum atomic E-state index is 1.09. The average molecular weight is 122 g/mol. The molecule has 0 spiro atoms. The highest BCUT2D eigenvalue weighted by Gasteiger charge is 1.91. The van der Waals surface area contributed by atoms with E-state index in [9.17, 15) is 0 Å². The van der Waals surface area contributed by atoms with Gasteiger partial charge in [-0.2, -0.15) is 5.10 Å². The summed E-state index contributed by atoms with van der Waals surface area (Å²) in [5, 5.41) is 6.73. The van der Waals surface area contributed by atoms with Gasteiger partial charge in [0.2, 0.25) is 0 Å². The maximum atomic E-state index is 3.86. The Balaban J connectivity index is 2.94. The van der Waals surface area contributed by atoms with Crippen LogP contribution in [0, 0.1) is 6.92 Å². The zero-order chi connectivity index (χ0) is 6.69. The van der Waals surface area contributed by atoms with Crippen molar-refractivity contribution in [2.75, 3.05) is 0 Å². The predicted molar refractivity (Wildman–Crippen MR) is 38.0 cm³/mol. The fourth-order valence-electron chi connectivity index (χ4n) is 0.692. The maximum Gasteiger partial charge on any atom is 0.0603 e. The van der Waals surface area contributed by atoms with E-state index in [0.717, 1.165) is 5.69 Å². The van der Waals surface area contributed by atoms with Crippen LogP contribution in [-0.4, -0.2) is 10.2 Å². The number of rotatable bonds is 1. The first kappa shape index (κ1) is 6.08. The van der Waals surface area contributed by atoms with Gasteiger partial charge in [0.1, 0.15) is 0 Å². The number of aryl methyl sites for hydroxylation is 1. The molecule has 1 rings (SSSR count). The Morgan fingerprint density at radius 1 is 1.67 bits per heavy atom. The average Bonchev–Trinajstić information content (AvgIpc) is 2.18. The molecule has 0 aromatic carbocycles. The first-order chi connectivity index (χ1) is 4.34. The highest BCUT2D eigenvalue weighted by Crippen LogP contribution is 2.02. The van der Waals surface area contributed by atoms with Crippen molar-refractivity contribution in [3.8, 4) is 0 Å². The topological polar surface area (TPSA) is 28.7 Å². The number of nitrogens with zero attached hydrogens (tertiary/aromatic N) is 1. The third-order valence-electron chi connectivity index (χ3n) is 1.20. The minimum Gasteiger partial charge on any atom is -0.278 e. The number of allylic oxidation sites excluding steroid dienone is 1. The Labute approximate surface area is 54.6 Å². The minimum absolute atomic E-state index is 1.09. The van der Waals surface area contributed by atoms with Crippen molar-refractivity contribution in [2.45, 2.75) is 13.8 Å². The molecule has 0 bridgehead atoms. The molecule has 0 saturated heterocycles. The lowest BCUT2D eigenvalue weighted by atomic mass is 10.3. The second kappa shape index (κ2) is 2.49. The van der Waals surface area contributed by atoms with E-state index < -0.39 is 0 Å². The smallest absolute Gasteiger partial charge is 0.0603 e. The lowest BCUT2D eigenvalue weighted by Gasteiger charge is -1.84. The van der Waals surface area contributed by atoms with Crippen LogP contribution in [0.4, 0.5) is 0 Å². The predicted octanol–water partition coefficient (Wildman–Crippen LogP) is 1.75. The van der Waals surface area contributed by atoms with Crippen LogP contribution in [0.25, 0.3) is 6.08 Å². The number of hydrogen-bond acceptors (Lipinski definition) is 1. The van der Waals surface area contributed by atoms with E-state index >= 15 is 0 Å². The van der Waals surface area contributed by atoms with Crippen LogP contribution < -0.4 is 0 Å². The zero-order valence-corrected chi connectivity index (χ0v) is 5.68. The Morgan fingerprint density at radius 3 is 2.89 bits per heavy atom.